The molecule has 0 fully saturated rings. The molecular weight excluding hydrogens is 458 g/mol. The summed E-state index contributed by atoms with van der Waals surface area (Å²) in [4.78, 5) is 25.6. The highest BCUT2D eigenvalue weighted by Gasteiger charge is 2.23. The molecule has 2 heterocycles. The highest BCUT2D eigenvalue weighted by molar-refractivity contribution is 7.13. The highest BCUT2D eigenvalue weighted by atomic mass is 32.1. The van der Waals surface area contributed by atoms with E-state index in [2.05, 4.69) is 32.9 Å². The maximum absolute atomic E-state index is 14.0. The number of aromatic nitrogens is 3. The van der Waals surface area contributed by atoms with Crippen molar-refractivity contribution in [3.05, 3.63) is 99.1 Å². The SMILES string of the molecule is CCCC(c1cccc(C(=O)O)c1)n1c(=O)n(Cc2nsc3cc(C)cc(C)c23)c2ccccc21. The Bertz CT molecular complexity index is 1630. The number of nitrogens with zero attached hydrogens (tertiary/aromatic N) is 3. The molecular formula is C28H27N3O3S. The van der Waals surface area contributed by atoms with Gasteiger partial charge in [-0.25, -0.2) is 9.59 Å². The number of carbonyl (C=O) groups is 1. The average molecular weight is 486 g/mol. The summed E-state index contributed by atoms with van der Waals surface area (Å²) in [6.07, 6.45) is 1.57. The van der Waals surface area contributed by atoms with Crippen molar-refractivity contribution in [2.45, 2.75) is 46.2 Å². The maximum Gasteiger partial charge on any atom is 0.335 e. The van der Waals surface area contributed by atoms with Crippen molar-refractivity contribution < 1.29 is 9.90 Å². The van der Waals surface area contributed by atoms with E-state index in [1.54, 1.807) is 22.8 Å². The first kappa shape index (κ1) is 23.1. The van der Waals surface area contributed by atoms with Crippen LogP contribution in [0.1, 0.15) is 58.5 Å². The molecule has 0 saturated carbocycles. The first-order valence-electron chi connectivity index (χ1n) is 11.8. The van der Waals surface area contributed by atoms with Crippen LogP contribution in [0.5, 0.6) is 0 Å². The number of aromatic carboxylic acids is 1. The molecule has 0 radical (unpaired) electrons. The van der Waals surface area contributed by atoms with Crippen LogP contribution >= 0.6 is 11.5 Å². The van der Waals surface area contributed by atoms with Crippen molar-refractivity contribution in [2.24, 2.45) is 0 Å². The predicted molar refractivity (Wildman–Crippen MR) is 141 cm³/mol. The minimum atomic E-state index is -0.974. The fraction of sp³-hybridized carbons (Fsp3) is 0.250. The smallest absolute Gasteiger partial charge is 0.335 e. The predicted octanol–water partition coefficient (Wildman–Crippen LogP) is 6.17. The first-order valence-corrected chi connectivity index (χ1v) is 12.5. The number of rotatable bonds is 7. The summed E-state index contributed by atoms with van der Waals surface area (Å²) < 4.78 is 9.48. The molecule has 35 heavy (non-hydrogen) atoms. The second-order valence-electron chi connectivity index (χ2n) is 9.05. The van der Waals surface area contributed by atoms with E-state index < -0.39 is 5.97 Å². The molecule has 0 saturated heterocycles. The second-order valence-corrected chi connectivity index (χ2v) is 9.85. The molecule has 1 atom stereocenters. The minimum Gasteiger partial charge on any atom is -0.478 e. The van der Waals surface area contributed by atoms with Gasteiger partial charge in [-0.3, -0.25) is 9.13 Å². The molecule has 0 bridgehead atoms. The summed E-state index contributed by atoms with van der Waals surface area (Å²) in [7, 11) is 0. The Kier molecular flexibility index (Phi) is 6.03. The summed E-state index contributed by atoms with van der Waals surface area (Å²) >= 11 is 1.47. The fourth-order valence-corrected chi connectivity index (χ4v) is 6.03. The Morgan fingerprint density at radius 1 is 1.06 bits per heavy atom. The van der Waals surface area contributed by atoms with Crippen LogP contribution < -0.4 is 5.69 Å². The van der Waals surface area contributed by atoms with Gasteiger partial charge in [-0.1, -0.05) is 43.7 Å². The Labute approximate surface area is 207 Å². The quantitative estimate of drug-likeness (QED) is 0.299. The molecule has 178 valence electrons. The molecule has 1 unspecified atom stereocenters. The van der Waals surface area contributed by atoms with Crippen molar-refractivity contribution in [3.8, 4) is 0 Å². The lowest BCUT2D eigenvalue weighted by atomic mass is 9.99. The molecule has 0 spiro atoms. The Balaban J connectivity index is 1.69. The zero-order chi connectivity index (χ0) is 24.7. The standard InChI is InChI=1S/C28H27N3O3S/c1-4-8-22(19-9-7-10-20(15-19)27(32)33)31-24-12-6-5-11-23(24)30(28(31)34)16-21-26-18(3)13-17(2)14-25(26)35-29-21/h5-7,9-15,22H,4,8,16H2,1-3H3,(H,32,33). The number of benzene rings is 3. The fourth-order valence-electron chi connectivity index (χ4n) is 5.06. The molecule has 6 nitrogen and oxygen atoms in total. The molecule has 0 aliphatic carbocycles. The third kappa shape index (κ3) is 4.06. The summed E-state index contributed by atoms with van der Waals surface area (Å²) in [5.41, 5.74) is 5.87. The van der Waals surface area contributed by atoms with Crippen LogP contribution in [-0.4, -0.2) is 24.6 Å². The lowest BCUT2D eigenvalue weighted by molar-refractivity contribution is 0.0696. The third-order valence-corrected chi connectivity index (χ3v) is 7.39. The van der Waals surface area contributed by atoms with Gasteiger partial charge >= 0.3 is 11.7 Å². The van der Waals surface area contributed by atoms with Crippen molar-refractivity contribution >= 4 is 38.6 Å². The normalized spacial score (nSPS) is 12.4. The maximum atomic E-state index is 14.0. The van der Waals surface area contributed by atoms with Gasteiger partial charge < -0.3 is 5.11 Å². The van der Waals surface area contributed by atoms with E-state index in [0.29, 0.717) is 6.54 Å². The number of fused-ring (bicyclic) bond motifs is 2. The van der Waals surface area contributed by atoms with Crippen molar-refractivity contribution in [1.29, 1.82) is 0 Å². The van der Waals surface area contributed by atoms with Crippen molar-refractivity contribution in [1.82, 2.24) is 13.5 Å². The van der Waals surface area contributed by atoms with E-state index in [9.17, 15) is 14.7 Å². The number of imidazole rings is 1. The monoisotopic (exact) mass is 485 g/mol. The molecule has 3 aromatic carbocycles. The topological polar surface area (TPSA) is 77.1 Å². The molecule has 2 aromatic heterocycles. The van der Waals surface area contributed by atoms with Crippen LogP contribution in [0.15, 0.2) is 65.5 Å². The van der Waals surface area contributed by atoms with Gasteiger partial charge in [0.2, 0.25) is 0 Å². The Morgan fingerprint density at radius 2 is 1.83 bits per heavy atom. The third-order valence-electron chi connectivity index (χ3n) is 6.56. The van der Waals surface area contributed by atoms with Gasteiger partial charge in [0.15, 0.2) is 0 Å². The first-order chi connectivity index (χ1) is 16.9. The Morgan fingerprint density at radius 3 is 2.57 bits per heavy atom. The zero-order valence-electron chi connectivity index (χ0n) is 20.0. The number of carboxylic acids is 1. The summed E-state index contributed by atoms with van der Waals surface area (Å²) in [6.45, 7) is 6.62. The van der Waals surface area contributed by atoms with E-state index in [4.69, 9.17) is 4.37 Å². The summed E-state index contributed by atoms with van der Waals surface area (Å²) in [6, 6.07) is 18.7. The number of para-hydroxylation sites is 2. The van der Waals surface area contributed by atoms with Crippen LogP contribution in [0.3, 0.4) is 0 Å². The van der Waals surface area contributed by atoms with Gasteiger partial charge in [-0.05, 0) is 78.8 Å². The molecule has 0 amide bonds. The van der Waals surface area contributed by atoms with Gasteiger partial charge in [0.05, 0.1) is 39.6 Å². The van der Waals surface area contributed by atoms with E-state index in [-0.39, 0.29) is 17.3 Å². The molecule has 7 heteroatoms. The molecule has 0 aliphatic heterocycles. The van der Waals surface area contributed by atoms with Crippen molar-refractivity contribution in [2.75, 3.05) is 0 Å². The van der Waals surface area contributed by atoms with Crippen LogP contribution in [0.2, 0.25) is 0 Å². The largest absolute Gasteiger partial charge is 0.478 e. The van der Waals surface area contributed by atoms with Crippen LogP contribution in [-0.2, 0) is 6.54 Å². The zero-order valence-corrected chi connectivity index (χ0v) is 20.8. The van der Waals surface area contributed by atoms with Crippen LogP contribution in [0, 0.1) is 13.8 Å². The van der Waals surface area contributed by atoms with Gasteiger partial charge in [-0.2, -0.15) is 4.37 Å². The van der Waals surface area contributed by atoms with Crippen LogP contribution in [0.25, 0.3) is 21.1 Å². The Hall–Kier alpha value is -3.71. The number of hydrogen-bond donors (Lipinski definition) is 1. The van der Waals surface area contributed by atoms with E-state index in [0.717, 1.165) is 50.8 Å². The van der Waals surface area contributed by atoms with Crippen molar-refractivity contribution in [3.63, 3.8) is 0 Å². The molecule has 5 aromatic rings. The van der Waals surface area contributed by atoms with E-state index in [1.165, 1.54) is 17.1 Å². The lowest BCUT2D eigenvalue weighted by Gasteiger charge is -2.19. The number of hydrogen-bond acceptors (Lipinski definition) is 4. The molecule has 5 rings (SSSR count). The van der Waals surface area contributed by atoms with Gasteiger partial charge in [0.25, 0.3) is 0 Å². The number of carboxylic acid groups (broad SMARTS) is 1. The van der Waals surface area contributed by atoms with E-state index in [1.807, 2.05) is 34.9 Å². The summed E-state index contributed by atoms with van der Waals surface area (Å²) in [5, 5.41) is 10.6. The average Bonchev–Trinajstić information content (AvgIpc) is 3.36. The highest BCUT2D eigenvalue weighted by Crippen LogP contribution is 2.30. The summed E-state index contributed by atoms with van der Waals surface area (Å²) in [5.74, 6) is -0.974. The van der Waals surface area contributed by atoms with Gasteiger partial charge in [-0.15, -0.1) is 0 Å². The van der Waals surface area contributed by atoms with Crippen LogP contribution in [0.4, 0.5) is 0 Å². The molecule has 0 aliphatic rings. The lowest BCUT2D eigenvalue weighted by Crippen LogP contribution is -2.28. The van der Waals surface area contributed by atoms with Gasteiger partial charge in [0, 0.05) is 5.39 Å². The molecule has 1 N–H and O–H groups in total. The number of aryl methyl sites for hydroxylation is 2. The second kappa shape index (κ2) is 9.15. The van der Waals surface area contributed by atoms with Gasteiger partial charge in [0.1, 0.15) is 0 Å². The minimum absolute atomic E-state index is 0.115. The van der Waals surface area contributed by atoms with E-state index >= 15 is 0 Å².